The van der Waals surface area contributed by atoms with Crippen LogP contribution in [-0.4, -0.2) is 14.8 Å². The maximum absolute atomic E-state index is 11.2. The van der Waals surface area contributed by atoms with Crippen LogP contribution in [0, 0.1) is 0 Å². The number of hydrogen-bond acceptors (Lipinski definition) is 2. The molecule has 0 spiro atoms. The van der Waals surface area contributed by atoms with E-state index in [-0.39, 0.29) is 5.69 Å². The van der Waals surface area contributed by atoms with E-state index in [2.05, 4.69) is 10.2 Å². The van der Waals surface area contributed by atoms with E-state index < -0.39 is 0 Å². The molecule has 4 nitrogen and oxygen atoms in total. The number of hydrogen-bond donors (Lipinski definition) is 1. The predicted octanol–water partition coefficient (Wildman–Crippen LogP) is 0.939. The van der Waals surface area contributed by atoms with Crippen LogP contribution in [-0.2, 0) is 0 Å². The Hall–Kier alpha value is -1.32. The first kappa shape index (κ1) is 7.34. The maximum Gasteiger partial charge on any atom is 0.343 e. The van der Waals surface area contributed by atoms with E-state index in [1.54, 1.807) is 4.57 Å². The van der Waals surface area contributed by atoms with Crippen molar-refractivity contribution in [2.45, 2.75) is 25.8 Å². The summed E-state index contributed by atoms with van der Waals surface area (Å²) in [7, 11) is 0. The highest BCUT2D eigenvalue weighted by atomic mass is 16.1. The maximum atomic E-state index is 11.2. The van der Waals surface area contributed by atoms with E-state index >= 15 is 0 Å². The lowest BCUT2D eigenvalue weighted by Gasteiger charge is -1.96. The first-order valence-electron chi connectivity index (χ1n) is 4.12. The molecule has 64 valence electrons. The fourth-order valence-electron chi connectivity index (χ4n) is 1.27. The Kier molecular flexibility index (Phi) is 1.60. The number of rotatable bonds is 2. The fourth-order valence-corrected chi connectivity index (χ4v) is 1.27. The van der Waals surface area contributed by atoms with Crippen LogP contribution in [0.25, 0.3) is 6.08 Å². The topological polar surface area (TPSA) is 50.7 Å². The minimum atomic E-state index is -0.0920. The van der Waals surface area contributed by atoms with E-state index in [1.807, 2.05) is 19.1 Å². The lowest BCUT2D eigenvalue weighted by atomic mass is 10.5. The first-order valence-corrected chi connectivity index (χ1v) is 4.12. The van der Waals surface area contributed by atoms with Gasteiger partial charge in [0.05, 0.1) is 0 Å². The predicted molar refractivity (Wildman–Crippen MR) is 45.8 cm³/mol. The Morgan fingerprint density at radius 1 is 1.67 bits per heavy atom. The molecular formula is C8H11N3O. The normalized spacial score (nSPS) is 17.4. The molecule has 1 aliphatic carbocycles. The Morgan fingerprint density at radius 2 is 2.42 bits per heavy atom. The zero-order valence-electron chi connectivity index (χ0n) is 6.95. The van der Waals surface area contributed by atoms with E-state index in [4.69, 9.17) is 0 Å². The molecule has 1 N–H and O–H groups in total. The van der Waals surface area contributed by atoms with Gasteiger partial charge in [-0.25, -0.2) is 9.89 Å². The van der Waals surface area contributed by atoms with Crippen LogP contribution < -0.4 is 5.69 Å². The summed E-state index contributed by atoms with van der Waals surface area (Å²) >= 11 is 0. The Bertz CT molecular complexity index is 357. The van der Waals surface area contributed by atoms with Crippen LogP contribution in [0.3, 0.4) is 0 Å². The third-order valence-corrected chi connectivity index (χ3v) is 1.96. The molecule has 2 rings (SSSR count). The minimum Gasteiger partial charge on any atom is -0.273 e. The van der Waals surface area contributed by atoms with E-state index in [0.29, 0.717) is 6.04 Å². The number of nitrogens with one attached hydrogen (secondary N) is 1. The molecule has 12 heavy (non-hydrogen) atoms. The minimum absolute atomic E-state index is 0.0920. The molecule has 0 saturated heterocycles. The van der Waals surface area contributed by atoms with Crippen molar-refractivity contribution in [3.63, 3.8) is 0 Å². The number of aromatic amines is 1. The van der Waals surface area contributed by atoms with Gasteiger partial charge in [-0.15, -0.1) is 0 Å². The molecule has 1 heterocycles. The smallest absolute Gasteiger partial charge is 0.273 e. The molecule has 1 aromatic rings. The summed E-state index contributed by atoms with van der Waals surface area (Å²) in [5.74, 6) is 0.741. The van der Waals surface area contributed by atoms with Crippen molar-refractivity contribution in [2.75, 3.05) is 0 Å². The molecule has 0 unspecified atom stereocenters. The van der Waals surface area contributed by atoms with Crippen molar-refractivity contribution in [2.24, 2.45) is 0 Å². The molecule has 0 bridgehead atoms. The summed E-state index contributed by atoms with van der Waals surface area (Å²) in [6.45, 7) is 1.91. The van der Waals surface area contributed by atoms with Crippen molar-refractivity contribution in [1.82, 2.24) is 14.8 Å². The first-order chi connectivity index (χ1) is 5.83. The van der Waals surface area contributed by atoms with Crippen molar-refractivity contribution < 1.29 is 0 Å². The molecule has 0 amide bonds. The summed E-state index contributed by atoms with van der Waals surface area (Å²) in [6.07, 6.45) is 5.93. The van der Waals surface area contributed by atoms with Crippen LogP contribution in [0.5, 0.6) is 0 Å². The summed E-state index contributed by atoms with van der Waals surface area (Å²) in [5.41, 5.74) is -0.0920. The average Bonchev–Trinajstić information content (AvgIpc) is 2.80. The van der Waals surface area contributed by atoms with Gasteiger partial charge in [-0.3, -0.25) is 4.57 Å². The Labute approximate surface area is 69.9 Å². The fraction of sp³-hybridized carbons (Fsp3) is 0.500. The summed E-state index contributed by atoms with van der Waals surface area (Å²) in [4.78, 5) is 11.2. The highest BCUT2D eigenvalue weighted by Crippen LogP contribution is 2.34. The molecule has 0 aliphatic heterocycles. The monoisotopic (exact) mass is 165 g/mol. The largest absolute Gasteiger partial charge is 0.343 e. The molecule has 1 aromatic heterocycles. The summed E-state index contributed by atoms with van der Waals surface area (Å²) in [6, 6.07) is 0.391. The van der Waals surface area contributed by atoms with Gasteiger partial charge in [-0.2, -0.15) is 5.10 Å². The van der Waals surface area contributed by atoms with E-state index in [0.717, 1.165) is 18.7 Å². The highest BCUT2D eigenvalue weighted by molar-refractivity contribution is 5.39. The van der Waals surface area contributed by atoms with Gasteiger partial charge < -0.3 is 0 Å². The SMILES string of the molecule is C/C=C\c1n[nH]c(=O)n1C1CC1. The van der Waals surface area contributed by atoms with Crippen LogP contribution in [0.2, 0.25) is 0 Å². The summed E-state index contributed by atoms with van der Waals surface area (Å²) in [5, 5.41) is 6.35. The second kappa shape index (κ2) is 2.62. The van der Waals surface area contributed by atoms with Crippen molar-refractivity contribution in [3.8, 4) is 0 Å². The average molecular weight is 165 g/mol. The third-order valence-electron chi connectivity index (χ3n) is 1.96. The quantitative estimate of drug-likeness (QED) is 0.709. The van der Waals surface area contributed by atoms with Gasteiger partial charge in [0.25, 0.3) is 0 Å². The van der Waals surface area contributed by atoms with Crippen LogP contribution in [0.4, 0.5) is 0 Å². The number of H-pyrrole nitrogens is 1. The molecule has 0 aromatic carbocycles. The van der Waals surface area contributed by atoms with Crippen molar-refractivity contribution >= 4 is 6.08 Å². The zero-order chi connectivity index (χ0) is 8.55. The molecular weight excluding hydrogens is 154 g/mol. The van der Waals surface area contributed by atoms with E-state index in [1.165, 1.54) is 0 Å². The highest BCUT2D eigenvalue weighted by Gasteiger charge is 2.27. The number of nitrogens with zero attached hydrogens (tertiary/aromatic N) is 2. The van der Waals surface area contributed by atoms with Gasteiger partial charge in [0.1, 0.15) is 0 Å². The number of aromatic nitrogens is 3. The Morgan fingerprint density at radius 3 is 3.00 bits per heavy atom. The molecule has 1 aliphatic rings. The lowest BCUT2D eigenvalue weighted by molar-refractivity contribution is 0.702. The number of allylic oxidation sites excluding steroid dienone is 1. The van der Waals surface area contributed by atoms with Crippen LogP contribution >= 0.6 is 0 Å². The third kappa shape index (κ3) is 1.09. The zero-order valence-corrected chi connectivity index (χ0v) is 6.95. The van der Waals surface area contributed by atoms with Gasteiger partial charge >= 0.3 is 5.69 Å². The molecule has 0 radical (unpaired) electrons. The molecule has 1 saturated carbocycles. The second-order valence-electron chi connectivity index (χ2n) is 2.99. The summed E-state index contributed by atoms with van der Waals surface area (Å²) < 4.78 is 1.72. The molecule has 0 atom stereocenters. The van der Waals surface area contributed by atoms with E-state index in [9.17, 15) is 4.79 Å². The van der Waals surface area contributed by atoms with Gasteiger partial charge in [0, 0.05) is 6.04 Å². The van der Waals surface area contributed by atoms with Gasteiger partial charge in [-0.1, -0.05) is 6.08 Å². The molecule has 1 fully saturated rings. The van der Waals surface area contributed by atoms with Crippen LogP contribution in [0.15, 0.2) is 10.9 Å². The van der Waals surface area contributed by atoms with Gasteiger partial charge in [0.2, 0.25) is 0 Å². The second-order valence-corrected chi connectivity index (χ2v) is 2.99. The van der Waals surface area contributed by atoms with Crippen molar-refractivity contribution in [3.05, 3.63) is 22.4 Å². The molecule has 4 heteroatoms. The standard InChI is InChI=1S/C8H11N3O/c1-2-3-7-9-10-8(12)11(7)6-4-5-6/h2-3,6H,4-5H2,1H3,(H,10,12)/b3-2-. The van der Waals surface area contributed by atoms with Gasteiger partial charge in [-0.05, 0) is 25.8 Å². The Balaban J connectivity index is 2.46. The van der Waals surface area contributed by atoms with Gasteiger partial charge in [0.15, 0.2) is 5.82 Å². The lowest BCUT2D eigenvalue weighted by Crippen LogP contribution is -2.16. The van der Waals surface area contributed by atoms with Crippen LogP contribution in [0.1, 0.15) is 31.6 Å². The van der Waals surface area contributed by atoms with Crippen molar-refractivity contribution in [1.29, 1.82) is 0 Å².